The molecule has 4 aliphatic rings. The summed E-state index contributed by atoms with van der Waals surface area (Å²) >= 11 is 0. The molecule has 1 saturated heterocycles. The number of aldehydes is 1. The number of esters is 1. The molecule has 8 atom stereocenters. The van der Waals surface area contributed by atoms with Gasteiger partial charge in [-0.3, -0.25) is 9.59 Å². The largest absolute Gasteiger partial charge is 0.462 e. The van der Waals surface area contributed by atoms with Gasteiger partial charge in [0.25, 0.3) is 0 Å². The maximum atomic E-state index is 14.1. The van der Waals surface area contributed by atoms with Gasteiger partial charge in [-0.1, -0.05) is 47.0 Å². The van der Waals surface area contributed by atoms with Crippen LogP contribution in [-0.4, -0.2) is 35.8 Å². The lowest BCUT2D eigenvalue weighted by Gasteiger charge is -2.46. The minimum absolute atomic E-state index is 0.0912. The fourth-order valence-electron chi connectivity index (χ4n) is 8.00. The zero-order valence-corrected chi connectivity index (χ0v) is 22.0. The number of Topliss-reactive ketones (excluding diaryl/α,β-unsaturated/α-hetero) is 1. The number of ether oxygens (including phenoxy) is 2. The van der Waals surface area contributed by atoms with Gasteiger partial charge in [0.15, 0.2) is 5.78 Å². The molecule has 0 aromatic rings. The monoisotopic (exact) mass is 472 g/mol. The van der Waals surface area contributed by atoms with Crippen LogP contribution in [0, 0.1) is 34.5 Å². The molecule has 1 heterocycles. The summed E-state index contributed by atoms with van der Waals surface area (Å²) < 4.78 is 11.8. The van der Waals surface area contributed by atoms with Gasteiger partial charge in [-0.15, -0.1) is 0 Å². The van der Waals surface area contributed by atoms with Crippen LogP contribution in [0.15, 0.2) is 11.6 Å². The van der Waals surface area contributed by atoms with Crippen molar-refractivity contribution >= 4 is 18.0 Å². The van der Waals surface area contributed by atoms with E-state index in [9.17, 15) is 14.4 Å². The number of hydrogen-bond donors (Lipinski definition) is 0. The predicted octanol–water partition coefficient (Wildman–Crippen LogP) is 5.84. The average Bonchev–Trinajstić information content (AvgIpc) is 3.34. The van der Waals surface area contributed by atoms with E-state index >= 15 is 0 Å². The zero-order chi connectivity index (χ0) is 24.9. The standard InChI is InChI=1S/C29H44O5/c1-18(2)8-7-9-19(3)23-10-11-24(27(23,5)14-15-30)22-16-25-29(34-25)17-21(33-20(4)31)12-13-28(29,6)26(22)32/h15-16,18-19,21,23-25H,7-14,17H2,1-6H3/t19-,21+,23-,24+,25+,27+,28-,29+/m1/s1. The van der Waals surface area contributed by atoms with E-state index in [-0.39, 0.29) is 35.3 Å². The summed E-state index contributed by atoms with van der Waals surface area (Å²) in [5.74, 6) is 1.74. The van der Waals surface area contributed by atoms with Crippen molar-refractivity contribution in [2.24, 2.45) is 34.5 Å². The molecule has 34 heavy (non-hydrogen) atoms. The molecule has 5 nitrogen and oxygen atoms in total. The highest BCUT2D eigenvalue weighted by Gasteiger charge is 2.74. The van der Waals surface area contributed by atoms with Crippen LogP contribution in [0.2, 0.25) is 0 Å². The highest BCUT2D eigenvalue weighted by atomic mass is 16.6. The number of allylic oxidation sites excluding steroid dienone is 1. The van der Waals surface area contributed by atoms with Crippen molar-refractivity contribution in [2.45, 2.75) is 117 Å². The predicted molar refractivity (Wildman–Crippen MR) is 131 cm³/mol. The van der Waals surface area contributed by atoms with Crippen molar-refractivity contribution in [3.8, 4) is 0 Å². The Morgan fingerprint density at radius 2 is 1.94 bits per heavy atom. The third-order valence-electron chi connectivity index (χ3n) is 10.0. The smallest absolute Gasteiger partial charge is 0.302 e. The van der Waals surface area contributed by atoms with E-state index in [2.05, 4.69) is 40.7 Å². The fraction of sp³-hybridized carbons (Fsp3) is 0.828. The summed E-state index contributed by atoms with van der Waals surface area (Å²) in [5.41, 5.74) is -0.398. The molecule has 3 aliphatic carbocycles. The lowest BCUT2D eigenvalue weighted by atomic mass is 9.55. The van der Waals surface area contributed by atoms with Crippen molar-refractivity contribution in [1.82, 2.24) is 0 Å². The number of rotatable bonds is 9. The van der Waals surface area contributed by atoms with Crippen LogP contribution in [0.1, 0.15) is 99.3 Å². The van der Waals surface area contributed by atoms with Gasteiger partial charge in [0.05, 0.1) is 5.41 Å². The summed E-state index contributed by atoms with van der Waals surface area (Å²) in [5, 5.41) is 0. The van der Waals surface area contributed by atoms with Crippen LogP contribution < -0.4 is 0 Å². The first-order valence-corrected chi connectivity index (χ1v) is 13.5. The summed E-state index contributed by atoms with van der Waals surface area (Å²) in [6.07, 6.45) is 11.0. The molecular formula is C29H44O5. The molecule has 1 spiro atoms. The van der Waals surface area contributed by atoms with E-state index in [0.717, 1.165) is 24.7 Å². The molecule has 0 N–H and O–H groups in total. The molecule has 0 bridgehead atoms. The molecule has 4 rings (SSSR count). The number of epoxide rings is 1. The Hall–Kier alpha value is -1.49. The molecule has 0 unspecified atom stereocenters. The molecule has 2 saturated carbocycles. The normalized spacial score (nSPS) is 42.0. The summed E-state index contributed by atoms with van der Waals surface area (Å²) in [6.45, 7) is 12.6. The fourth-order valence-corrected chi connectivity index (χ4v) is 8.00. The minimum Gasteiger partial charge on any atom is -0.462 e. The average molecular weight is 473 g/mol. The second-order valence-electron chi connectivity index (χ2n) is 12.6. The van der Waals surface area contributed by atoms with Crippen molar-refractivity contribution in [3.05, 3.63) is 11.6 Å². The Labute approximate surface area is 205 Å². The zero-order valence-electron chi connectivity index (χ0n) is 22.0. The number of carbonyl (C=O) groups is 3. The highest BCUT2D eigenvalue weighted by Crippen LogP contribution is 2.66. The molecule has 0 amide bonds. The van der Waals surface area contributed by atoms with Crippen LogP contribution in [0.4, 0.5) is 0 Å². The van der Waals surface area contributed by atoms with E-state index in [0.29, 0.717) is 43.4 Å². The Kier molecular flexibility index (Phi) is 6.92. The first kappa shape index (κ1) is 25.6. The maximum Gasteiger partial charge on any atom is 0.302 e. The van der Waals surface area contributed by atoms with Gasteiger partial charge in [-0.25, -0.2) is 0 Å². The van der Waals surface area contributed by atoms with Gasteiger partial charge >= 0.3 is 5.97 Å². The maximum absolute atomic E-state index is 14.1. The Bertz CT molecular complexity index is 861. The number of carbonyl (C=O) groups excluding carboxylic acids is 3. The molecule has 190 valence electrons. The third-order valence-corrected chi connectivity index (χ3v) is 10.0. The summed E-state index contributed by atoms with van der Waals surface area (Å²) in [6, 6.07) is 0. The molecular weight excluding hydrogens is 428 g/mol. The Morgan fingerprint density at radius 3 is 2.59 bits per heavy atom. The van der Waals surface area contributed by atoms with Crippen molar-refractivity contribution < 1.29 is 23.9 Å². The van der Waals surface area contributed by atoms with Crippen molar-refractivity contribution in [1.29, 1.82) is 0 Å². The number of hydrogen-bond acceptors (Lipinski definition) is 5. The van der Waals surface area contributed by atoms with Crippen LogP contribution in [0.3, 0.4) is 0 Å². The summed E-state index contributed by atoms with van der Waals surface area (Å²) in [4.78, 5) is 37.5. The van der Waals surface area contributed by atoms with Crippen LogP contribution in [-0.2, 0) is 23.9 Å². The molecule has 1 aliphatic heterocycles. The first-order chi connectivity index (χ1) is 16.0. The lowest BCUT2D eigenvalue weighted by Crippen LogP contribution is -2.54. The van der Waals surface area contributed by atoms with E-state index in [4.69, 9.17) is 9.47 Å². The van der Waals surface area contributed by atoms with E-state index in [1.807, 2.05) is 0 Å². The first-order valence-electron chi connectivity index (χ1n) is 13.5. The molecule has 3 fully saturated rings. The van der Waals surface area contributed by atoms with Gasteiger partial charge in [-0.05, 0) is 73.3 Å². The quantitative estimate of drug-likeness (QED) is 0.239. The molecule has 0 aromatic carbocycles. The van der Waals surface area contributed by atoms with Gasteiger partial charge in [0, 0.05) is 19.8 Å². The van der Waals surface area contributed by atoms with Gasteiger partial charge < -0.3 is 14.3 Å². The topological polar surface area (TPSA) is 73.0 Å². The van der Waals surface area contributed by atoms with Gasteiger partial charge in [0.2, 0.25) is 0 Å². The molecule has 5 heteroatoms. The van der Waals surface area contributed by atoms with Gasteiger partial charge in [-0.2, -0.15) is 0 Å². The van der Waals surface area contributed by atoms with E-state index < -0.39 is 11.0 Å². The highest BCUT2D eigenvalue weighted by molar-refractivity contribution is 6.03. The lowest BCUT2D eigenvalue weighted by molar-refractivity contribution is -0.153. The SMILES string of the molecule is CC(=O)O[C@H]1CC[C@]2(C)C(=O)C([C@@H]3CC[C@H]([C@H](C)CCCC(C)C)[C@]3(C)CC=O)=C[C@@H]3O[C@@]32C1. The second kappa shape index (κ2) is 9.19. The number of ketones is 1. The van der Waals surface area contributed by atoms with Crippen molar-refractivity contribution in [3.63, 3.8) is 0 Å². The molecule has 0 aromatic heterocycles. The molecule has 0 radical (unpaired) electrons. The minimum atomic E-state index is -0.582. The van der Waals surface area contributed by atoms with Gasteiger partial charge in [0.1, 0.15) is 24.1 Å². The second-order valence-corrected chi connectivity index (χ2v) is 12.6. The van der Waals surface area contributed by atoms with Crippen LogP contribution in [0.25, 0.3) is 0 Å². The van der Waals surface area contributed by atoms with Crippen LogP contribution in [0.5, 0.6) is 0 Å². The van der Waals surface area contributed by atoms with E-state index in [1.54, 1.807) is 0 Å². The summed E-state index contributed by atoms with van der Waals surface area (Å²) in [7, 11) is 0. The van der Waals surface area contributed by atoms with Crippen LogP contribution >= 0.6 is 0 Å². The Balaban J connectivity index is 1.56. The van der Waals surface area contributed by atoms with Crippen molar-refractivity contribution in [2.75, 3.05) is 0 Å². The van der Waals surface area contributed by atoms with E-state index in [1.165, 1.54) is 26.2 Å². The Morgan fingerprint density at radius 1 is 1.21 bits per heavy atom. The third kappa shape index (κ3) is 4.10.